The molecule has 0 aromatic heterocycles. The Bertz CT molecular complexity index is 1300. The van der Waals surface area contributed by atoms with Crippen molar-refractivity contribution in [2.24, 2.45) is 0 Å². The van der Waals surface area contributed by atoms with Gasteiger partial charge in [0.25, 0.3) is 23.5 Å². The highest BCUT2D eigenvalue weighted by Crippen LogP contribution is 2.39. The number of ether oxygens (including phenoxy) is 2. The first-order valence-electron chi connectivity index (χ1n) is 12.0. The smallest absolute Gasteiger partial charge is 0.351 e. The van der Waals surface area contributed by atoms with Gasteiger partial charge in [-0.3, -0.25) is 24.6 Å². The highest BCUT2D eigenvalue weighted by atomic mass is 16.8. The molecule has 2 saturated heterocycles. The van der Waals surface area contributed by atoms with Gasteiger partial charge in [0.2, 0.25) is 0 Å². The molecule has 3 aliphatic heterocycles. The number of fused-ring (bicyclic) bond motifs is 1. The predicted octanol–water partition coefficient (Wildman–Crippen LogP) is -2.96. The van der Waals surface area contributed by atoms with Crippen molar-refractivity contribution in [2.45, 2.75) is 36.7 Å². The van der Waals surface area contributed by atoms with Gasteiger partial charge in [0.1, 0.15) is 5.75 Å². The van der Waals surface area contributed by atoms with Crippen LogP contribution in [0.5, 0.6) is 5.75 Å². The third kappa shape index (κ3) is 4.66. The van der Waals surface area contributed by atoms with Crippen LogP contribution in [0.1, 0.15) is 27.0 Å². The van der Waals surface area contributed by atoms with Gasteiger partial charge in [0.05, 0.1) is 25.3 Å². The van der Waals surface area contributed by atoms with E-state index in [1.54, 1.807) is 17.4 Å². The van der Waals surface area contributed by atoms with Gasteiger partial charge in [-0.15, -0.1) is 0 Å². The minimum absolute atomic E-state index is 0.00717. The van der Waals surface area contributed by atoms with Crippen molar-refractivity contribution in [3.8, 4) is 5.75 Å². The van der Waals surface area contributed by atoms with Crippen LogP contribution in [0, 0.1) is 0 Å². The monoisotopic (exact) mass is 545 g/mol. The molecule has 0 bridgehead atoms. The Morgan fingerprint density at radius 2 is 1.67 bits per heavy atom. The lowest BCUT2D eigenvalue weighted by Gasteiger charge is -2.44. The molecule has 39 heavy (non-hydrogen) atoms. The highest BCUT2D eigenvalue weighted by molar-refractivity contribution is 6.08. The quantitative estimate of drug-likeness (QED) is 0.143. The average molecular weight is 546 g/mol. The van der Waals surface area contributed by atoms with Gasteiger partial charge in [-0.2, -0.15) is 0 Å². The summed E-state index contributed by atoms with van der Waals surface area (Å²) in [5.41, 5.74) is 0.905. The second-order valence-electron chi connectivity index (χ2n) is 9.63. The molecule has 14 nitrogen and oxygen atoms in total. The van der Waals surface area contributed by atoms with Crippen molar-refractivity contribution in [3.05, 3.63) is 64.7 Å². The largest absolute Gasteiger partial charge is 0.435 e. The fraction of sp³-hybridized carbons (Fsp3) is 0.400. The number of nitrogens with one attached hydrogen (secondary N) is 1. The highest BCUT2D eigenvalue weighted by Gasteiger charge is 2.67. The number of carbonyl (C=O) groups excluding carboxylic acids is 3. The van der Waals surface area contributed by atoms with Crippen molar-refractivity contribution in [1.82, 2.24) is 15.1 Å². The number of rotatable bonds is 6. The van der Waals surface area contributed by atoms with Gasteiger partial charge in [-0.05, 0) is 29.8 Å². The van der Waals surface area contributed by atoms with Crippen LogP contribution in [0.4, 0.5) is 0 Å². The zero-order valence-electron chi connectivity index (χ0n) is 20.5. The summed E-state index contributed by atoms with van der Waals surface area (Å²) < 4.78 is 10.8. The molecule has 1 atom stereocenters. The molecule has 0 radical (unpaired) electrons. The van der Waals surface area contributed by atoms with E-state index in [0.29, 0.717) is 24.7 Å². The molecule has 2 aromatic carbocycles. The molecule has 1 unspecified atom stereocenters. The molecule has 14 heteroatoms. The summed E-state index contributed by atoms with van der Waals surface area (Å²) in [6.45, 7) is 2.99. The number of hydrogen-bond donors (Lipinski definition) is 7. The summed E-state index contributed by atoms with van der Waals surface area (Å²) in [6, 6.07) is 8.13. The van der Waals surface area contributed by atoms with E-state index >= 15 is 0 Å². The number of hydrogen-bond acceptors (Lipinski definition) is 12. The average Bonchev–Trinajstić information content (AvgIpc) is 3.21. The minimum atomic E-state index is -3.81. The molecule has 208 valence electrons. The maximum absolute atomic E-state index is 13.1. The lowest BCUT2D eigenvalue weighted by molar-refractivity contribution is -0.355. The molecule has 5 rings (SSSR count). The van der Waals surface area contributed by atoms with E-state index in [1.165, 1.54) is 30.3 Å². The summed E-state index contributed by atoms with van der Waals surface area (Å²) in [5.74, 6) is -14.6. The van der Waals surface area contributed by atoms with E-state index in [1.807, 2.05) is 0 Å². The van der Waals surface area contributed by atoms with Crippen LogP contribution < -0.4 is 10.1 Å². The molecular weight excluding hydrogens is 518 g/mol. The second-order valence-corrected chi connectivity index (χ2v) is 9.63. The Labute approximate surface area is 221 Å². The first-order chi connectivity index (χ1) is 18.3. The van der Waals surface area contributed by atoms with Gasteiger partial charge in [0.15, 0.2) is 6.04 Å². The van der Waals surface area contributed by atoms with Crippen molar-refractivity contribution in [1.29, 1.82) is 0 Å². The Morgan fingerprint density at radius 3 is 2.33 bits per heavy atom. The molecule has 3 amide bonds. The molecule has 2 aromatic rings. The van der Waals surface area contributed by atoms with Crippen molar-refractivity contribution < 1.29 is 54.5 Å². The van der Waals surface area contributed by atoms with Gasteiger partial charge in [0, 0.05) is 30.8 Å². The zero-order chi connectivity index (χ0) is 28.2. The fourth-order valence-electron chi connectivity index (χ4n) is 4.85. The predicted molar refractivity (Wildman–Crippen MR) is 127 cm³/mol. The third-order valence-electron chi connectivity index (χ3n) is 7.05. The van der Waals surface area contributed by atoms with E-state index in [9.17, 15) is 45.0 Å². The summed E-state index contributed by atoms with van der Waals surface area (Å²) in [4.78, 5) is 40.1. The Kier molecular flexibility index (Phi) is 6.69. The third-order valence-corrected chi connectivity index (χ3v) is 7.05. The maximum atomic E-state index is 13.1. The maximum Gasteiger partial charge on any atom is 0.351 e. The number of piperidine rings is 1. The standard InChI is InChI=1S/C25H27N3O11/c29-20-19(23(32,33)24(34,35)22(31)26-20)28-13-17-16(21(28)30)2-1-3-18(17)39-25(36,37)15-6-4-14(5-7-15)12-27-8-10-38-11-9-27/h1-7,19,32-37H,8-13H2,(H,26,29,31). The van der Waals surface area contributed by atoms with Crippen molar-refractivity contribution in [3.63, 3.8) is 0 Å². The molecule has 7 N–H and O–H groups in total. The Hall–Kier alpha value is -3.47. The first kappa shape index (κ1) is 27.1. The second kappa shape index (κ2) is 9.62. The summed E-state index contributed by atoms with van der Waals surface area (Å²) in [7, 11) is 0. The SMILES string of the molecule is O=C1NC(=O)C(O)(O)C(O)(O)C1N1Cc2c(OC(O)(O)c3ccc(CN4CCOCC4)cc3)cccc2C1=O. The fourth-order valence-corrected chi connectivity index (χ4v) is 4.85. The van der Waals surface area contributed by atoms with Crippen LogP contribution >= 0.6 is 0 Å². The molecule has 3 heterocycles. The molecule has 0 saturated carbocycles. The van der Waals surface area contributed by atoms with Crippen LogP contribution in [-0.2, 0) is 33.4 Å². The Morgan fingerprint density at radius 1 is 1.00 bits per heavy atom. The summed E-state index contributed by atoms with van der Waals surface area (Å²) >= 11 is 0. The van der Waals surface area contributed by atoms with Gasteiger partial charge in [-0.25, -0.2) is 0 Å². The van der Waals surface area contributed by atoms with Gasteiger partial charge >= 0.3 is 11.8 Å². The lowest BCUT2D eigenvalue weighted by Crippen LogP contribution is -2.79. The molecule has 2 fully saturated rings. The number of benzene rings is 2. The van der Waals surface area contributed by atoms with Crippen molar-refractivity contribution >= 4 is 17.7 Å². The van der Waals surface area contributed by atoms with Crippen LogP contribution in [0.15, 0.2) is 42.5 Å². The first-order valence-corrected chi connectivity index (χ1v) is 12.0. The molecule has 0 spiro atoms. The number of aliphatic hydroxyl groups is 6. The van der Waals surface area contributed by atoms with Gasteiger partial charge in [-0.1, -0.05) is 18.2 Å². The van der Waals surface area contributed by atoms with Crippen LogP contribution in [0.2, 0.25) is 0 Å². The lowest BCUT2D eigenvalue weighted by atomic mass is 9.90. The number of nitrogens with zero attached hydrogens (tertiary/aromatic N) is 2. The number of carbonyl (C=O) groups is 3. The van der Waals surface area contributed by atoms with E-state index in [-0.39, 0.29) is 22.4 Å². The molecular formula is C25H27N3O11. The normalized spacial score (nSPS) is 23.0. The van der Waals surface area contributed by atoms with E-state index in [2.05, 4.69) is 4.90 Å². The van der Waals surface area contributed by atoms with Crippen LogP contribution in [-0.4, -0.2) is 102 Å². The zero-order valence-corrected chi connectivity index (χ0v) is 20.5. The Balaban J connectivity index is 1.36. The van der Waals surface area contributed by atoms with Gasteiger partial charge < -0.3 is 45.0 Å². The molecule has 3 aliphatic rings. The summed E-state index contributed by atoms with van der Waals surface area (Å²) in [6.07, 6.45) is 0. The number of amides is 3. The summed E-state index contributed by atoms with van der Waals surface area (Å²) in [5, 5.41) is 63.6. The van der Waals surface area contributed by atoms with E-state index in [4.69, 9.17) is 9.47 Å². The van der Waals surface area contributed by atoms with E-state index < -0.39 is 47.9 Å². The van der Waals surface area contributed by atoms with E-state index in [0.717, 1.165) is 18.7 Å². The number of morpholine rings is 1. The van der Waals surface area contributed by atoms with Crippen LogP contribution in [0.25, 0.3) is 0 Å². The molecule has 0 aliphatic carbocycles. The number of imide groups is 1. The van der Waals surface area contributed by atoms with Crippen molar-refractivity contribution in [2.75, 3.05) is 26.3 Å². The topological polar surface area (TPSA) is 210 Å². The minimum Gasteiger partial charge on any atom is -0.435 e. The van der Waals surface area contributed by atoms with Crippen LogP contribution in [0.3, 0.4) is 0 Å².